The molecule has 0 heterocycles. The number of rotatable bonds is 10. The van der Waals surface area contributed by atoms with Crippen molar-refractivity contribution >= 4 is 0 Å². The molecule has 3 heteroatoms. The monoisotopic (exact) mass is 201 g/mol. The molecule has 0 bridgehead atoms. The minimum atomic E-state index is 0.763. The highest BCUT2D eigenvalue weighted by Gasteiger charge is 1.90. The van der Waals surface area contributed by atoms with Crippen molar-refractivity contribution < 1.29 is 9.47 Å². The summed E-state index contributed by atoms with van der Waals surface area (Å²) in [6.45, 7) is 12.7. The van der Waals surface area contributed by atoms with E-state index in [1.54, 1.807) is 0 Å². The van der Waals surface area contributed by atoms with Gasteiger partial charge in [0.05, 0.1) is 19.8 Å². The van der Waals surface area contributed by atoms with E-state index in [0.717, 1.165) is 45.9 Å². The van der Waals surface area contributed by atoms with Gasteiger partial charge in [0.25, 0.3) is 0 Å². The first kappa shape index (κ1) is 13.6. The summed E-state index contributed by atoms with van der Waals surface area (Å²) in [5, 5.41) is 3.24. The molecule has 3 nitrogen and oxygen atoms in total. The van der Waals surface area contributed by atoms with Crippen LogP contribution >= 0.6 is 0 Å². The van der Waals surface area contributed by atoms with Gasteiger partial charge in [0.2, 0.25) is 0 Å². The Morgan fingerprint density at radius 1 is 1.14 bits per heavy atom. The van der Waals surface area contributed by atoms with Crippen LogP contribution in [0.2, 0.25) is 0 Å². The van der Waals surface area contributed by atoms with Gasteiger partial charge in [-0.15, -0.1) is 6.58 Å². The van der Waals surface area contributed by atoms with E-state index in [0.29, 0.717) is 0 Å². The molecule has 0 radical (unpaired) electrons. The maximum atomic E-state index is 5.39. The van der Waals surface area contributed by atoms with E-state index in [9.17, 15) is 0 Å². The molecule has 0 saturated heterocycles. The predicted octanol–water partition coefficient (Wildman–Crippen LogP) is 1.60. The second-order valence-corrected chi connectivity index (χ2v) is 3.27. The maximum Gasteiger partial charge on any atom is 0.0591 e. The first-order chi connectivity index (χ1) is 6.77. The van der Waals surface area contributed by atoms with Gasteiger partial charge in [-0.05, 0) is 20.3 Å². The Kier molecular flexibility index (Phi) is 10.4. The number of ether oxygens (including phenoxy) is 2. The van der Waals surface area contributed by atoms with Crippen LogP contribution < -0.4 is 5.32 Å². The quantitative estimate of drug-likeness (QED) is 0.430. The van der Waals surface area contributed by atoms with Crippen LogP contribution in [0.15, 0.2) is 12.2 Å². The van der Waals surface area contributed by atoms with E-state index >= 15 is 0 Å². The summed E-state index contributed by atoms with van der Waals surface area (Å²) in [6, 6.07) is 0. The summed E-state index contributed by atoms with van der Waals surface area (Å²) in [5.74, 6) is 0. The van der Waals surface area contributed by atoms with E-state index in [4.69, 9.17) is 9.47 Å². The molecule has 0 spiro atoms. The molecular formula is C11H23NO2. The van der Waals surface area contributed by atoms with Crippen molar-refractivity contribution in [3.05, 3.63) is 12.2 Å². The maximum absolute atomic E-state index is 5.39. The first-order valence-electron chi connectivity index (χ1n) is 5.28. The summed E-state index contributed by atoms with van der Waals surface area (Å²) in [6.07, 6.45) is 0.957. The van der Waals surface area contributed by atoms with Gasteiger partial charge in [0, 0.05) is 19.7 Å². The Hall–Kier alpha value is -0.380. The van der Waals surface area contributed by atoms with Gasteiger partial charge in [-0.2, -0.15) is 0 Å². The molecule has 0 rings (SSSR count). The smallest absolute Gasteiger partial charge is 0.0591 e. The molecule has 0 fully saturated rings. The summed E-state index contributed by atoms with van der Waals surface area (Å²) in [5.41, 5.74) is 1.18. The third kappa shape index (κ3) is 11.6. The highest BCUT2D eigenvalue weighted by Crippen LogP contribution is 1.94. The van der Waals surface area contributed by atoms with Crippen molar-refractivity contribution in [2.45, 2.75) is 20.3 Å². The lowest BCUT2D eigenvalue weighted by Gasteiger charge is -2.06. The van der Waals surface area contributed by atoms with Crippen LogP contribution in [0.5, 0.6) is 0 Å². The van der Waals surface area contributed by atoms with Crippen molar-refractivity contribution in [3.63, 3.8) is 0 Å². The van der Waals surface area contributed by atoms with Crippen LogP contribution in [-0.4, -0.2) is 39.5 Å². The molecular weight excluding hydrogens is 178 g/mol. The normalized spacial score (nSPS) is 10.4. The molecule has 84 valence electrons. The Morgan fingerprint density at radius 2 is 1.79 bits per heavy atom. The summed E-state index contributed by atoms with van der Waals surface area (Å²) in [4.78, 5) is 0. The average Bonchev–Trinajstić information content (AvgIpc) is 2.15. The lowest BCUT2D eigenvalue weighted by molar-refractivity contribution is 0.128. The van der Waals surface area contributed by atoms with Crippen molar-refractivity contribution in [1.82, 2.24) is 5.32 Å². The fraction of sp³-hybridized carbons (Fsp3) is 0.818. The molecule has 0 aliphatic heterocycles. The molecule has 0 unspecified atom stereocenters. The number of hydrogen-bond acceptors (Lipinski definition) is 3. The fourth-order valence-electron chi connectivity index (χ4n) is 0.906. The van der Waals surface area contributed by atoms with E-state index in [1.807, 2.05) is 13.8 Å². The second kappa shape index (κ2) is 10.7. The third-order valence-electron chi connectivity index (χ3n) is 1.72. The van der Waals surface area contributed by atoms with Gasteiger partial charge < -0.3 is 14.8 Å². The van der Waals surface area contributed by atoms with Gasteiger partial charge in [0.15, 0.2) is 0 Å². The van der Waals surface area contributed by atoms with Gasteiger partial charge in [0.1, 0.15) is 0 Å². The van der Waals surface area contributed by atoms with Crippen LogP contribution in [0.25, 0.3) is 0 Å². The highest BCUT2D eigenvalue weighted by molar-refractivity contribution is 4.86. The standard InChI is InChI=1S/C11H23NO2/c1-4-13-9-6-12-7-10-14-8-5-11(2)3/h12H,2,4-10H2,1,3H3. The minimum absolute atomic E-state index is 0.763. The molecule has 0 aliphatic carbocycles. The van der Waals surface area contributed by atoms with Crippen LogP contribution in [0.4, 0.5) is 0 Å². The minimum Gasteiger partial charge on any atom is -0.380 e. The number of hydrogen-bond donors (Lipinski definition) is 1. The first-order valence-corrected chi connectivity index (χ1v) is 5.28. The molecule has 0 atom stereocenters. The van der Waals surface area contributed by atoms with Gasteiger partial charge >= 0.3 is 0 Å². The Bertz CT molecular complexity index is 137. The third-order valence-corrected chi connectivity index (χ3v) is 1.72. The average molecular weight is 201 g/mol. The van der Waals surface area contributed by atoms with Gasteiger partial charge in [-0.1, -0.05) is 5.57 Å². The topological polar surface area (TPSA) is 30.5 Å². The second-order valence-electron chi connectivity index (χ2n) is 3.27. The molecule has 0 aromatic carbocycles. The zero-order valence-corrected chi connectivity index (χ0v) is 9.47. The van der Waals surface area contributed by atoms with E-state index in [2.05, 4.69) is 11.9 Å². The Labute approximate surface area is 87.5 Å². The molecule has 0 aromatic heterocycles. The van der Waals surface area contributed by atoms with Crippen molar-refractivity contribution in [1.29, 1.82) is 0 Å². The van der Waals surface area contributed by atoms with E-state index in [-0.39, 0.29) is 0 Å². The molecule has 0 aromatic rings. The predicted molar refractivity (Wildman–Crippen MR) is 59.6 cm³/mol. The lowest BCUT2D eigenvalue weighted by atomic mass is 10.3. The summed E-state index contributed by atoms with van der Waals surface area (Å²) < 4.78 is 10.6. The molecule has 0 amide bonds. The van der Waals surface area contributed by atoms with Gasteiger partial charge in [-0.3, -0.25) is 0 Å². The van der Waals surface area contributed by atoms with Crippen LogP contribution in [-0.2, 0) is 9.47 Å². The van der Waals surface area contributed by atoms with Crippen molar-refractivity contribution in [2.24, 2.45) is 0 Å². The summed E-state index contributed by atoms with van der Waals surface area (Å²) in [7, 11) is 0. The lowest BCUT2D eigenvalue weighted by Crippen LogP contribution is -2.24. The number of nitrogens with one attached hydrogen (secondary N) is 1. The van der Waals surface area contributed by atoms with Gasteiger partial charge in [-0.25, -0.2) is 0 Å². The van der Waals surface area contributed by atoms with Crippen LogP contribution in [0.3, 0.4) is 0 Å². The van der Waals surface area contributed by atoms with Crippen molar-refractivity contribution in [3.8, 4) is 0 Å². The SMILES string of the molecule is C=C(C)CCOCCNCCOCC. The Morgan fingerprint density at radius 3 is 2.36 bits per heavy atom. The van der Waals surface area contributed by atoms with E-state index < -0.39 is 0 Å². The zero-order valence-electron chi connectivity index (χ0n) is 9.47. The fourth-order valence-corrected chi connectivity index (χ4v) is 0.906. The van der Waals surface area contributed by atoms with Crippen molar-refractivity contribution in [2.75, 3.05) is 39.5 Å². The largest absolute Gasteiger partial charge is 0.380 e. The zero-order chi connectivity index (χ0) is 10.6. The van der Waals surface area contributed by atoms with Crippen LogP contribution in [0, 0.1) is 0 Å². The Balaban J connectivity index is 2.88. The molecule has 0 saturated carbocycles. The summed E-state index contributed by atoms with van der Waals surface area (Å²) >= 11 is 0. The molecule has 14 heavy (non-hydrogen) atoms. The molecule has 0 aliphatic rings. The molecule has 1 N–H and O–H groups in total. The van der Waals surface area contributed by atoms with Crippen LogP contribution in [0.1, 0.15) is 20.3 Å². The van der Waals surface area contributed by atoms with E-state index in [1.165, 1.54) is 5.57 Å². The highest BCUT2D eigenvalue weighted by atomic mass is 16.5.